The standard InChI is InChI=1S/C23H29N3O5/c1-2-30-21(28)10-13-26-12-9-16-15-17(7-8-18(16)23(26)29)31-20-6-3-5-19(22(20)24)25-11-4-14-27/h3,5-8,15,25,27H,2,4,9-14,24H2,1H3. The third-order valence-corrected chi connectivity index (χ3v) is 5.08. The molecule has 0 fully saturated rings. The average molecular weight is 428 g/mol. The lowest BCUT2D eigenvalue weighted by molar-refractivity contribution is -0.143. The Kier molecular flexibility index (Phi) is 7.72. The van der Waals surface area contributed by atoms with Crippen molar-refractivity contribution in [1.82, 2.24) is 4.90 Å². The van der Waals surface area contributed by atoms with Crippen molar-refractivity contribution in [2.75, 3.05) is 43.9 Å². The number of carbonyl (C=O) groups excluding carboxylic acids is 2. The smallest absolute Gasteiger partial charge is 0.307 e. The maximum absolute atomic E-state index is 12.8. The Balaban J connectivity index is 1.67. The second-order valence-electron chi connectivity index (χ2n) is 7.24. The number of hydrogen-bond acceptors (Lipinski definition) is 7. The zero-order valence-corrected chi connectivity index (χ0v) is 17.7. The van der Waals surface area contributed by atoms with Crippen LogP contribution in [0.15, 0.2) is 36.4 Å². The van der Waals surface area contributed by atoms with Crippen molar-refractivity contribution in [3.8, 4) is 11.5 Å². The number of nitrogens with two attached hydrogens (primary N) is 1. The molecule has 0 saturated carbocycles. The van der Waals surface area contributed by atoms with Gasteiger partial charge in [-0.2, -0.15) is 0 Å². The first-order chi connectivity index (χ1) is 15.0. The number of amides is 1. The number of rotatable bonds is 10. The molecular weight excluding hydrogens is 398 g/mol. The zero-order chi connectivity index (χ0) is 22.2. The number of ether oxygens (including phenoxy) is 2. The van der Waals surface area contributed by atoms with Gasteiger partial charge in [-0.3, -0.25) is 9.59 Å². The number of nitrogen functional groups attached to an aromatic ring is 1. The van der Waals surface area contributed by atoms with E-state index in [2.05, 4.69) is 5.32 Å². The van der Waals surface area contributed by atoms with Crippen LogP contribution in [0.25, 0.3) is 0 Å². The van der Waals surface area contributed by atoms with Crippen LogP contribution in [0.3, 0.4) is 0 Å². The Morgan fingerprint density at radius 2 is 2.13 bits per heavy atom. The van der Waals surface area contributed by atoms with Crippen LogP contribution >= 0.6 is 0 Å². The first kappa shape index (κ1) is 22.4. The monoisotopic (exact) mass is 427 g/mol. The van der Waals surface area contributed by atoms with Crippen LogP contribution < -0.4 is 15.8 Å². The molecule has 3 rings (SSSR count). The van der Waals surface area contributed by atoms with Gasteiger partial charge in [0.05, 0.1) is 24.4 Å². The van der Waals surface area contributed by atoms with Crippen molar-refractivity contribution in [3.63, 3.8) is 0 Å². The number of carbonyl (C=O) groups is 2. The number of fused-ring (bicyclic) bond motifs is 1. The molecule has 0 atom stereocenters. The van der Waals surface area contributed by atoms with E-state index >= 15 is 0 Å². The Labute approximate surface area is 181 Å². The Bertz CT molecular complexity index is 931. The maximum atomic E-state index is 12.8. The summed E-state index contributed by atoms with van der Waals surface area (Å²) in [6, 6.07) is 10.8. The molecule has 1 heterocycles. The number of para-hydroxylation sites is 1. The van der Waals surface area contributed by atoms with E-state index in [0.717, 1.165) is 11.3 Å². The summed E-state index contributed by atoms with van der Waals surface area (Å²) in [5, 5.41) is 12.1. The number of benzene rings is 2. The molecule has 1 amide bonds. The lowest BCUT2D eigenvalue weighted by Crippen LogP contribution is -2.39. The van der Waals surface area contributed by atoms with Crippen LogP contribution in [0.5, 0.6) is 11.5 Å². The van der Waals surface area contributed by atoms with Crippen molar-refractivity contribution in [3.05, 3.63) is 47.5 Å². The molecule has 2 aromatic rings. The highest BCUT2D eigenvalue weighted by molar-refractivity contribution is 5.97. The summed E-state index contributed by atoms with van der Waals surface area (Å²) in [7, 11) is 0. The molecule has 4 N–H and O–H groups in total. The fourth-order valence-corrected chi connectivity index (χ4v) is 3.47. The lowest BCUT2D eigenvalue weighted by atomic mass is 9.98. The molecule has 0 aliphatic carbocycles. The number of esters is 1. The number of anilines is 2. The normalized spacial score (nSPS) is 13.0. The van der Waals surface area contributed by atoms with Gasteiger partial charge in [0.25, 0.3) is 5.91 Å². The molecule has 1 aliphatic heterocycles. The minimum Gasteiger partial charge on any atom is -0.466 e. The van der Waals surface area contributed by atoms with E-state index in [9.17, 15) is 9.59 Å². The van der Waals surface area contributed by atoms with Gasteiger partial charge in [0.15, 0.2) is 5.75 Å². The summed E-state index contributed by atoms with van der Waals surface area (Å²) in [5.41, 5.74) is 8.98. The van der Waals surface area contributed by atoms with Crippen molar-refractivity contribution in [2.24, 2.45) is 0 Å². The number of aliphatic hydroxyl groups is 1. The van der Waals surface area contributed by atoms with E-state index in [1.807, 2.05) is 18.2 Å². The number of hydrogen-bond donors (Lipinski definition) is 3. The predicted molar refractivity (Wildman–Crippen MR) is 118 cm³/mol. The topological polar surface area (TPSA) is 114 Å². The Morgan fingerprint density at radius 1 is 1.29 bits per heavy atom. The first-order valence-electron chi connectivity index (χ1n) is 10.5. The Morgan fingerprint density at radius 3 is 2.90 bits per heavy atom. The van der Waals surface area contributed by atoms with Gasteiger partial charge in [0, 0.05) is 31.8 Å². The van der Waals surface area contributed by atoms with Crippen molar-refractivity contribution < 1.29 is 24.2 Å². The maximum Gasteiger partial charge on any atom is 0.307 e. The molecule has 31 heavy (non-hydrogen) atoms. The van der Waals surface area contributed by atoms with Crippen LogP contribution in [0.1, 0.15) is 35.7 Å². The molecule has 8 heteroatoms. The third-order valence-electron chi connectivity index (χ3n) is 5.08. The highest BCUT2D eigenvalue weighted by Gasteiger charge is 2.25. The van der Waals surface area contributed by atoms with Crippen LogP contribution in [-0.4, -0.2) is 54.7 Å². The van der Waals surface area contributed by atoms with E-state index in [1.165, 1.54) is 0 Å². The first-order valence-corrected chi connectivity index (χ1v) is 10.5. The van der Waals surface area contributed by atoms with Gasteiger partial charge in [0.2, 0.25) is 0 Å². The molecule has 0 unspecified atom stereocenters. The summed E-state index contributed by atoms with van der Waals surface area (Å²) >= 11 is 0. The molecule has 2 aromatic carbocycles. The largest absolute Gasteiger partial charge is 0.466 e. The summed E-state index contributed by atoms with van der Waals surface area (Å²) in [6.07, 6.45) is 1.50. The van der Waals surface area contributed by atoms with E-state index in [-0.39, 0.29) is 24.9 Å². The van der Waals surface area contributed by atoms with E-state index in [1.54, 1.807) is 30.0 Å². The molecular formula is C23H29N3O5. The molecule has 0 saturated heterocycles. The second kappa shape index (κ2) is 10.7. The second-order valence-corrected chi connectivity index (χ2v) is 7.24. The van der Waals surface area contributed by atoms with Gasteiger partial charge in [-0.1, -0.05) is 6.07 Å². The molecule has 0 radical (unpaired) electrons. The molecule has 0 spiro atoms. The number of nitrogens with zero attached hydrogens (tertiary/aromatic N) is 1. The molecule has 0 bridgehead atoms. The quantitative estimate of drug-likeness (QED) is 0.303. The third kappa shape index (κ3) is 5.67. The van der Waals surface area contributed by atoms with Crippen molar-refractivity contribution in [2.45, 2.75) is 26.2 Å². The summed E-state index contributed by atoms with van der Waals surface area (Å²) < 4.78 is 10.9. The highest BCUT2D eigenvalue weighted by atomic mass is 16.5. The van der Waals surface area contributed by atoms with Gasteiger partial charge < -0.3 is 30.5 Å². The number of aliphatic hydroxyl groups excluding tert-OH is 1. The van der Waals surface area contributed by atoms with Crippen molar-refractivity contribution >= 4 is 23.3 Å². The van der Waals surface area contributed by atoms with Gasteiger partial charge >= 0.3 is 5.97 Å². The zero-order valence-electron chi connectivity index (χ0n) is 17.7. The lowest BCUT2D eigenvalue weighted by Gasteiger charge is -2.28. The minimum absolute atomic E-state index is 0.0910. The molecule has 166 valence electrons. The molecule has 0 aromatic heterocycles. The fourth-order valence-electron chi connectivity index (χ4n) is 3.47. The van der Waals surface area contributed by atoms with Crippen LogP contribution in [0, 0.1) is 0 Å². The number of nitrogens with one attached hydrogen (secondary N) is 1. The van der Waals surface area contributed by atoms with Crippen LogP contribution in [0.2, 0.25) is 0 Å². The average Bonchev–Trinajstić information content (AvgIpc) is 2.76. The summed E-state index contributed by atoms with van der Waals surface area (Å²) in [5.74, 6) is 0.736. The minimum atomic E-state index is -0.296. The predicted octanol–water partition coefficient (Wildman–Crippen LogP) is 2.81. The van der Waals surface area contributed by atoms with E-state index in [0.29, 0.717) is 61.8 Å². The molecule has 1 aliphatic rings. The van der Waals surface area contributed by atoms with Gasteiger partial charge in [-0.25, -0.2) is 0 Å². The highest BCUT2D eigenvalue weighted by Crippen LogP contribution is 2.34. The van der Waals surface area contributed by atoms with Crippen LogP contribution in [0.4, 0.5) is 11.4 Å². The van der Waals surface area contributed by atoms with Gasteiger partial charge in [0.1, 0.15) is 5.75 Å². The Hall–Kier alpha value is -3.26. The fraction of sp³-hybridized carbons (Fsp3) is 0.391. The van der Waals surface area contributed by atoms with Gasteiger partial charge in [-0.05, 0) is 55.7 Å². The van der Waals surface area contributed by atoms with Crippen LogP contribution in [-0.2, 0) is 16.0 Å². The molecule has 8 nitrogen and oxygen atoms in total. The SMILES string of the molecule is CCOC(=O)CCN1CCc2cc(Oc3cccc(NCCCO)c3N)ccc2C1=O. The van der Waals surface area contributed by atoms with Gasteiger partial charge in [-0.15, -0.1) is 0 Å². The summed E-state index contributed by atoms with van der Waals surface area (Å²) in [4.78, 5) is 26.0. The van der Waals surface area contributed by atoms with E-state index in [4.69, 9.17) is 20.3 Å². The van der Waals surface area contributed by atoms with Crippen molar-refractivity contribution in [1.29, 1.82) is 0 Å². The summed E-state index contributed by atoms with van der Waals surface area (Å²) in [6.45, 7) is 3.71. The van der Waals surface area contributed by atoms with E-state index < -0.39 is 0 Å².